The Morgan fingerprint density at radius 3 is 2.48 bits per heavy atom. The molecule has 2 atom stereocenters. The van der Waals surface area contributed by atoms with Gasteiger partial charge in [-0.1, -0.05) is 26.3 Å². The molecule has 1 rings (SSSR count). The normalized spacial score (nSPS) is 14.3. The average Bonchev–Trinajstić information content (AvgIpc) is 2.43. The van der Waals surface area contributed by atoms with E-state index in [0.717, 1.165) is 0 Å². The molecular weight excluding hydrogens is 272 g/mol. The smallest absolute Gasteiger partial charge is 0.326 e. The number of hydrogen-bond donors (Lipinski definition) is 2. The molecule has 0 aliphatic rings. The fourth-order valence-corrected chi connectivity index (χ4v) is 2.00. The average molecular weight is 294 g/mol. The Kier molecular flexibility index (Phi) is 5.29. The standard InChI is InChI=1S/C15H22N2O4/c1-5-10(2)12(13(19)20)16-14(21)15(3,4)17-9-7-6-8-11(17)18/h6-10,12H,5H2,1-4H3,(H,16,21)(H,19,20). The molecule has 0 spiro atoms. The van der Waals surface area contributed by atoms with Crippen molar-refractivity contribution in [2.24, 2.45) is 5.92 Å². The summed E-state index contributed by atoms with van der Waals surface area (Å²) in [6, 6.07) is 3.63. The van der Waals surface area contributed by atoms with Gasteiger partial charge in [-0.15, -0.1) is 0 Å². The van der Waals surface area contributed by atoms with Gasteiger partial charge in [0.25, 0.3) is 5.56 Å². The van der Waals surface area contributed by atoms with E-state index < -0.39 is 23.5 Å². The highest BCUT2D eigenvalue weighted by Gasteiger charge is 2.34. The van der Waals surface area contributed by atoms with E-state index >= 15 is 0 Å². The minimum Gasteiger partial charge on any atom is -0.480 e. The highest BCUT2D eigenvalue weighted by Crippen LogP contribution is 2.15. The Morgan fingerprint density at radius 1 is 1.38 bits per heavy atom. The first kappa shape index (κ1) is 16.9. The van der Waals surface area contributed by atoms with Gasteiger partial charge in [-0.25, -0.2) is 4.79 Å². The second kappa shape index (κ2) is 6.56. The molecule has 1 aromatic rings. The summed E-state index contributed by atoms with van der Waals surface area (Å²) >= 11 is 0. The van der Waals surface area contributed by atoms with Crippen LogP contribution >= 0.6 is 0 Å². The van der Waals surface area contributed by atoms with Gasteiger partial charge in [-0.2, -0.15) is 0 Å². The number of nitrogens with one attached hydrogen (secondary N) is 1. The van der Waals surface area contributed by atoms with E-state index in [1.54, 1.807) is 32.9 Å². The summed E-state index contributed by atoms with van der Waals surface area (Å²) in [6.45, 7) is 6.79. The molecule has 6 heteroatoms. The van der Waals surface area contributed by atoms with Crippen LogP contribution in [-0.2, 0) is 15.1 Å². The first-order valence-corrected chi connectivity index (χ1v) is 6.93. The van der Waals surface area contributed by atoms with Crippen LogP contribution in [0, 0.1) is 5.92 Å². The molecule has 0 saturated carbocycles. The number of carbonyl (C=O) groups is 2. The Morgan fingerprint density at radius 2 is 2.00 bits per heavy atom. The summed E-state index contributed by atoms with van der Waals surface area (Å²) in [5.74, 6) is -1.77. The van der Waals surface area contributed by atoms with Gasteiger partial charge in [0.1, 0.15) is 11.6 Å². The Labute approximate surface area is 123 Å². The molecule has 1 amide bonds. The Balaban J connectivity index is 3.04. The molecule has 0 aromatic carbocycles. The van der Waals surface area contributed by atoms with Crippen molar-refractivity contribution in [2.75, 3.05) is 0 Å². The van der Waals surface area contributed by atoms with E-state index in [-0.39, 0.29) is 11.5 Å². The number of amides is 1. The van der Waals surface area contributed by atoms with Gasteiger partial charge in [-0.05, 0) is 25.8 Å². The zero-order valence-corrected chi connectivity index (χ0v) is 12.8. The lowest BCUT2D eigenvalue weighted by atomic mass is 9.96. The van der Waals surface area contributed by atoms with E-state index in [1.807, 2.05) is 6.92 Å². The van der Waals surface area contributed by atoms with Crippen LogP contribution in [0.4, 0.5) is 0 Å². The third-order valence-corrected chi connectivity index (χ3v) is 3.75. The number of rotatable bonds is 6. The summed E-state index contributed by atoms with van der Waals surface area (Å²) in [5, 5.41) is 11.8. The van der Waals surface area contributed by atoms with Gasteiger partial charge in [0.15, 0.2) is 0 Å². The zero-order chi connectivity index (χ0) is 16.2. The van der Waals surface area contributed by atoms with Crippen LogP contribution in [0.2, 0.25) is 0 Å². The lowest BCUT2D eigenvalue weighted by Gasteiger charge is -2.29. The van der Waals surface area contributed by atoms with Crippen LogP contribution in [0.5, 0.6) is 0 Å². The topological polar surface area (TPSA) is 88.4 Å². The van der Waals surface area contributed by atoms with Gasteiger partial charge in [-0.3, -0.25) is 9.59 Å². The highest BCUT2D eigenvalue weighted by atomic mass is 16.4. The summed E-state index contributed by atoms with van der Waals surface area (Å²) < 4.78 is 1.29. The van der Waals surface area contributed by atoms with E-state index in [1.165, 1.54) is 16.8 Å². The minimum absolute atomic E-state index is 0.199. The van der Waals surface area contributed by atoms with Gasteiger partial charge in [0.05, 0.1) is 0 Å². The number of aromatic nitrogens is 1. The fraction of sp³-hybridized carbons (Fsp3) is 0.533. The molecule has 6 nitrogen and oxygen atoms in total. The monoisotopic (exact) mass is 294 g/mol. The molecule has 0 radical (unpaired) electrons. The van der Waals surface area contributed by atoms with Crippen molar-refractivity contribution in [3.05, 3.63) is 34.7 Å². The van der Waals surface area contributed by atoms with Crippen LogP contribution in [0.3, 0.4) is 0 Å². The number of carboxylic acids is 1. The molecule has 1 aromatic heterocycles. The second-order valence-electron chi connectivity index (χ2n) is 5.64. The molecule has 0 aliphatic carbocycles. The van der Waals surface area contributed by atoms with Crippen molar-refractivity contribution in [1.29, 1.82) is 0 Å². The van der Waals surface area contributed by atoms with Crippen molar-refractivity contribution >= 4 is 11.9 Å². The van der Waals surface area contributed by atoms with Crippen LogP contribution in [0.1, 0.15) is 34.1 Å². The maximum Gasteiger partial charge on any atom is 0.326 e. The van der Waals surface area contributed by atoms with Gasteiger partial charge >= 0.3 is 5.97 Å². The van der Waals surface area contributed by atoms with E-state index in [9.17, 15) is 19.5 Å². The lowest BCUT2D eigenvalue weighted by molar-refractivity contribution is -0.144. The SMILES string of the molecule is CCC(C)C(NC(=O)C(C)(C)n1ccccc1=O)C(=O)O. The third-order valence-electron chi connectivity index (χ3n) is 3.75. The summed E-state index contributed by atoms with van der Waals surface area (Å²) in [4.78, 5) is 35.5. The number of aliphatic carboxylic acids is 1. The lowest BCUT2D eigenvalue weighted by Crippen LogP contribution is -2.54. The van der Waals surface area contributed by atoms with Crippen LogP contribution in [0.25, 0.3) is 0 Å². The van der Waals surface area contributed by atoms with Crippen molar-refractivity contribution in [1.82, 2.24) is 9.88 Å². The Hall–Kier alpha value is -2.11. The van der Waals surface area contributed by atoms with Gasteiger partial charge in [0.2, 0.25) is 5.91 Å². The van der Waals surface area contributed by atoms with Gasteiger partial charge < -0.3 is 15.0 Å². The fourth-order valence-electron chi connectivity index (χ4n) is 2.00. The van der Waals surface area contributed by atoms with Crippen molar-refractivity contribution in [2.45, 2.75) is 45.7 Å². The minimum atomic E-state index is -1.17. The molecule has 0 saturated heterocycles. The molecule has 2 unspecified atom stereocenters. The molecule has 21 heavy (non-hydrogen) atoms. The number of nitrogens with zero attached hydrogens (tertiary/aromatic N) is 1. The molecule has 0 bridgehead atoms. The molecule has 0 aliphatic heterocycles. The number of hydrogen-bond acceptors (Lipinski definition) is 3. The van der Waals surface area contributed by atoms with E-state index in [4.69, 9.17) is 0 Å². The maximum absolute atomic E-state index is 12.4. The van der Waals surface area contributed by atoms with Crippen LogP contribution in [0.15, 0.2) is 29.2 Å². The molecule has 1 heterocycles. The van der Waals surface area contributed by atoms with Gasteiger partial charge in [0, 0.05) is 12.3 Å². The number of carboxylic acid groups (broad SMARTS) is 1. The predicted octanol–water partition coefficient (Wildman–Crippen LogP) is 1.20. The highest BCUT2D eigenvalue weighted by molar-refractivity contribution is 5.88. The summed E-state index contributed by atoms with van der Waals surface area (Å²) in [6.07, 6.45) is 2.14. The molecule has 116 valence electrons. The van der Waals surface area contributed by atoms with Crippen LogP contribution in [-0.4, -0.2) is 27.6 Å². The predicted molar refractivity (Wildman–Crippen MR) is 79.0 cm³/mol. The second-order valence-corrected chi connectivity index (χ2v) is 5.64. The van der Waals surface area contributed by atoms with Crippen molar-refractivity contribution < 1.29 is 14.7 Å². The summed E-state index contributed by atoms with van der Waals surface area (Å²) in [5.41, 5.74) is -1.48. The van der Waals surface area contributed by atoms with Crippen molar-refractivity contribution in [3.8, 4) is 0 Å². The summed E-state index contributed by atoms with van der Waals surface area (Å²) in [7, 11) is 0. The first-order valence-electron chi connectivity index (χ1n) is 6.93. The quantitative estimate of drug-likeness (QED) is 0.825. The number of pyridine rings is 1. The molecular formula is C15H22N2O4. The number of carbonyl (C=O) groups excluding carboxylic acids is 1. The largest absolute Gasteiger partial charge is 0.480 e. The Bertz CT molecular complexity index is 577. The zero-order valence-electron chi connectivity index (χ0n) is 12.8. The maximum atomic E-state index is 12.4. The molecule has 0 fully saturated rings. The molecule has 2 N–H and O–H groups in total. The van der Waals surface area contributed by atoms with E-state index in [2.05, 4.69) is 5.32 Å². The van der Waals surface area contributed by atoms with Crippen LogP contribution < -0.4 is 10.9 Å². The first-order chi connectivity index (χ1) is 9.71. The van der Waals surface area contributed by atoms with Crippen molar-refractivity contribution in [3.63, 3.8) is 0 Å². The third kappa shape index (κ3) is 3.71. The van der Waals surface area contributed by atoms with E-state index in [0.29, 0.717) is 6.42 Å².